The van der Waals surface area contributed by atoms with Crippen molar-refractivity contribution in [2.24, 2.45) is 40.4 Å². The zero-order chi connectivity index (χ0) is 24.8. The van der Waals surface area contributed by atoms with E-state index < -0.39 is 5.60 Å². The average Bonchev–Trinajstić information content (AvgIpc) is 3.44. The monoisotopic (exact) mass is 483 g/mol. The maximum absolute atomic E-state index is 10.2. The Labute approximate surface area is 213 Å². The van der Waals surface area contributed by atoms with E-state index in [1.165, 1.54) is 44.9 Å². The third-order valence-corrected chi connectivity index (χ3v) is 11.2. The first-order valence-corrected chi connectivity index (χ1v) is 14.5. The van der Waals surface area contributed by atoms with Gasteiger partial charge < -0.3 is 14.4 Å². The van der Waals surface area contributed by atoms with E-state index in [0.29, 0.717) is 23.5 Å². The lowest BCUT2D eigenvalue weighted by Gasteiger charge is -2.58. The van der Waals surface area contributed by atoms with Gasteiger partial charge in [-0.15, -0.1) is 0 Å². The van der Waals surface area contributed by atoms with Gasteiger partial charge in [0.05, 0.1) is 17.9 Å². The van der Waals surface area contributed by atoms with E-state index in [-0.39, 0.29) is 0 Å². The second kappa shape index (κ2) is 9.63. The van der Waals surface area contributed by atoms with Crippen LogP contribution in [0.2, 0.25) is 0 Å². The molecular formula is C31H49NO3. The quantitative estimate of drug-likeness (QED) is 0.385. The fourth-order valence-corrected chi connectivity index (χ4v) is 9.32. The van der Waals surface area contributed by atoms with Gasteiger partial charge in [0, 0.05) is 6.07 Å². The largest absolute Gasteiger partial charge is 0.390 e. The molecule has 1 N–H and O–H groups in total. The summed E-state index contributed by atoms with van der Waals surface area (Å²) in [7, 11) is 0. The molecule has 4 aliphatic carbocycles. The van der Waals surface area contributed by atoms with Gasteiger partial charge in [-0.3, -0.25) is 0 Å². The normalized spacial score (nSPS) is 39.9. The molecule has 35 heavy (non-hydrogen) atoms. The Bertz CT molecular complexity index is 886. The van der Waals surface area contributed by atoms with Gasteiger partial charge >= 0.3 is 0 Å². The van der Waals surface area contributed by atoms with Crippen LogP contribution in [0, 0.1) is 40.4 Å². The van der Waals surface area contributed by atoms with Gasteiger partial charge in [0.2, 0.25) is 0 Å². The van der Waals surface area contributed by atoms with Crippen LogP contribution >= 0.6 is 0 Å². The first kappa shape index (κ1) is 25.5. The number of hydrogen-bond donors (Lipinski definition) is 1. The molecule has 1 aromatic heterocycles. The number of fused-ring (bicyclic) bond motifs is 5. The summed E-state index contributed by atoms with van der Waals surface area (Å²) in [5.74, 6) is 5.05. The van der Waals surface area contributed by atoms with Gasteiger partial charge in [0.1, 0.15) is 6.61 Å². The van der Waals surface area contributed by atoms with Gasteiger partial charge in [0.15, 0.2) is 5.76 Å². The predicted molar refractivity (Wildman–Crippen MR) is 140 cm³/mol. The molecular weight excluding hydrogens is 434 g/mol. The van der Waals surface area contributed by atoms with Crippen molar-refractivity contribution < 1.29 is 14.4 Å². The van der Waals surface area contributed by atoms with E-state index in [2.05, 4.69) is 32.0 Å². The minimum absolute atomic E-state index is 0.311. The molecule has 4 heteroatoms. The van der Waals surface area contributed by atoms with Crippen LogP contribution in [0.25, 0.3) is 0 Å². The molecule has 0 unspecified atom stereocenters. The highest BCUT2D eigenvalue weighted by Crippen LogP contribution is 2.67. The molecule has 0 radical (unpaired) electrons. The second-order valence-electron chi connectivity index (χ2n) is 13.8. The highest BCUT2D eigenvalue weighted by atomic mass is 16.5. The molecule has 196 valence electrons. The smallest absolute Gasteiger partial charge is 0.162 e. The van der Waals surface area contributed by atoms with E-state index in [4.69, 9.17) is 9.26 Å². The summed E-state index contributed by atoms with van der Waals surface area (Å²) in [6.07, 6.45) is 18.5. The van der Waals surface area contributed by atoms with E-state index >= 15 is 0 Å². The number of aromatic nitrogens is 1. The van der Waals surface area contributed by atoms with Crippen LogP contribution in [0.3, 0.4) is 0 Å². The van der Waals surface area contributed by atoms with Gasteiger partial charge in [-0.1, -0.05) is 50.4 Å². The van der Waals surface area contributed by atoms with Crippen molar-refractivity contribution in [3.8, 4) is 0 Å². The fraction of sp³-hybridized carbons (Fsp3) is 0.839. The van der Waals surface area contributed by atoms with Crippen LogP contribution in [-0.4, -0.2) is 22.0 Å². The zero-order valence-corrected chi connectivity index (χ0v) is 22.9. The Morgan fingerprint density at radius 3 is 2.74 bits per heavy atom. The summed E-state index contributed by atoms with van der Waals surface area (Å²) in [6, 6.07) is 1.90. The van der Waals surface area contributed by atoms with Crippen molar-refractivity contribution in [3.05, 3.63) is 29.7 Å². The van der Waals surface area contributed by atoms with E-state index in [9.17, 15) is 5.11 Å². The number of rotatable bonds is 8. The maximum atomic E-state index is 10.2. The molecule has 0 amide bonds. The van der Waals surface area contributed by atoms with Gasteiger partial charge in [-0.25, -0.2) is 0 Å². The molecule has 0 aliphatic heterocycles. The van der Waals surface area contributed by atoms with Crippen LogP contribution in [-0.2, 0) is 11.3 Å². The summed E-state index contributed by atoms with van der Waals surface area (Å²) in [5, 5.41) is 14.0. The molecule has 1 aromatic rings. The van der Waals surface area contributed by atoms with Crippen molar-refractivity contribution in [1.82, 2.24) is 5.16 Å². The van der Waals surface area contributed by atoms with Crippen LogP contribution in [0.1, 0.15) is 111 Å². The highest BCUT2D eigenvalue weighted by Gasteiger charge is 2.59. The molecule has 0 bridgehead atoms. The molecule has 4 aliphatic rings. The zero-order valence-electron chi connectivity index (χ0n) is 22.9. The minimum Gasteiger partial charge on any atom is -0.390 e. The third-order valence-electron chi connectivity index (χ3n) is 11.2. The number of allylic oxidation sites excluding steroid dienone is 1. The Hall–Kier alpha value is -1.13. The predicted octanol–water partition coefficient (Wildman–Crippen LogP) is 7.72. The van der Waals surface area contributed by atoms with Crippen LogP contribution in [0.4, 0.5) is 0 Å². The lowest BCUT2D eigenvalue weighted by molar-refractivity contribution is -0.0671. The summed E-state index contributed by atoms with van der Waals surface area (Å²) in [4.78, 5) is 0. The summed E-state index contributed by atoms with van der Waals surface area (Å²) < 4.78 is 11.5. The topological polar surface area (TPSA) is 55.5 Å². The van der Waals surface area contributed by atoms with Crippen molar-refractivity contribution in [3.63, 3.8) is 0 Å². The first-order chi connectivity index (χ1) is 16.6. The number of aliphatic hydroxyl groups is 1. The van der Waals surface area contributed by atoms with E-state index in [0.717, 1.165) is 61.0 Å². The molecule has 3 saturated carbocycles. The molecule has 0 aromatic carbocycles. The lowest BCUT2D eigenvalue weighted by Crippen LogP contribution is -2.51. The van der Waals surface area contributed by atoms with Crippen molar-refractivity contribution in [2.45, 2.75) is 124 Å². The number of ether oxygens (including phenoxy) is 1. The lowest BCUT2D eigenvalue weighted by atomic mass is 9.47. The second-order valence-corrected chi connectivity index (χ2v) is 13.8. The molecule has 3 fully saturated rings. The Balaban J connectivity index is 1.23. The molecule has 4 nitrogen and oxygen atoms in total. The maximum Gasteiger partial charge on any atom is 0.162 e. The Kier molecular flexibility index (Phi) is 7.02. The highest BCUT2D eigenvalue weighted by molar-refractivity contribution is 5.25. The van der Waals surface area contributed by atoms with Crippen LogP contribution < -0.4 is 0 Å². The number of nitrogens with zero attached hydrogens (tertiary/aromatic N) is 1. The van der Waals surface area contributed by atoms with Crippen molar-refractivity contribution >= 4 is 0 Å². The van der Waals surface area contributed by atoms with Crippen LogP contribution in [0.15, 0.2) is 28.4 Å². The standard InChI is InChI=1S/C31H49NO3/c1-21(7-6-15-29(2,3)33)26-10-11-27-25-9-8-22-19-23(34-20-24-14-18-32-35-24)12-16-30(22,4)28(25)13-17-31(26,27)5/h8,14,18,21,23,25-28,33H,6-7,9-13,15-17,19-20H2,1-5H3/t21-,23+,25+,26-,27+,28+,30+,31-/m1/s1. The van der Waals surface area contributed by atoms with Crippen LogP contribution in [0.5, 0.6) is 0 Å². The molecule has 5 rings (SSSR count). The van der Waals surface area contributed by atoms with Gasteiger partial charge in [-0.05, 0) is 112 Å². The van der Waals surface area contributed by atoms with E-state index in [1.807, 2.05) is 19.9 Å². The summed E-state index contributed by atoms with van der Waals surface area (Å²) >= 11 is 0. The molecule has 0 spiro atoms. The average molecular weight is 484 g/mol. The summed E-state index contributed by atoms with van der Waals surface area (Å²) in [5.41, 5.74) is 2.04. The Morgan fingerprint density at radius 2 is 2.00 bits per heavy atom. The SMILES string of the molecule is C[C@H](CCCC(C)(C)O)[C@H]1CC[C@H]2[C@@H]3CC=C4C[C@@H](OCc5ccno5)CC[C@]4(C)[C@H]3CC[C@]12C. The molecule has 1 heterocycles. The van der Waals surface area contributed by atoms with Crippen molar-refractivity contribution in [1.29, 1.82) is 0 Å². The molecule has 0 saturated heterocycles. The van der Waals surface area contributed by atoms with E-state index in [1.54, 1.807) is 11.8 Å². The Morgan fingerprint density at radius 1 is 1.17 bits per heavy atom. The minimum atomic E-state index is -0.526. The number of hydrogen-bond acceptors (Lipinski definition) is 4. The van der Waals surface area contributed by atoms with Crippen molar-refractivity contribution in [2.75, 3.05) is 0 Å². The fourth-order valence-electron chi connectivity index (χ4n) is 9.32. The van der Waals surface area contributed by atoms with Gasteiger partial charge in [0.25, 0.3) is 0 Å². The van der Waals surface area contributed by atoms with Gasteiger partial charge in [-0.2, -0.15) is 0 Å². The molecule has 8 atom stereocenters. The first-order valence-electron chi connectivity index (χ1n) is 14.5. The summed E-state index contributed by atoms with van der Waals surface area (Å²) in [6.45, 7) is 12.2. The third kappa shape index (κ3) is 4.91.